The molecule has 3 aromatic rings. The summed E-state index contributed by atoms with van der Waals surface area (Å²) in [7, 11) is -2.03. The molecule has 2 amide bonds. The first kappa shape index (κ1) is 28.4. The van der Waals surface area contributed by atoms with Crippen molar-refractivity contribution in [3.63, 3.8) is 0 Å². The number of nitrogens with one attached hydrogen (secondary N) is 2. The number of anilines is 1. The molecular formula is C28H38N6O5Si. The van der Waals surface area contributed by atoms with E-state index in [2.05, 4.69) is 59.5 Å². The molecule has 11 nitrogen and oxygen atoms in total. The van der Waals surface area contributed by atoms with Crippen LogP contribution in [0.25, 0.3) is 17.2 Å². The number of amides is 2. The quantitative estimate of drug-likeness (QED) is 0.376. The van der Waals surface area contributed by atoms with Crippen molar-refractivity contribution < 1.29 is 23.4 Å². The normalized spacial score (nSPS) is 25.0. The van der Waals surface area contributed by atoms with Gasteiger partial charge in [0.05, 0.1) is 12.9 Å². The summed E-state index contributed by atoms with van der Waals surface area (Å²) in [6, 6.07) is 9.65. The maximum absolute atomic E-state index is 12.1. The lowest BCUT2D eigenvalue weighted by molar-refractivity contribution is -0.132. The number of benzene rings is 1. The van der Waals surface area contributed by atoms with Crippen molar-refractivity contribution >= 4 is 37.4 Å². The van der Waals surface area contributed by atoms with Crippen molar-refractivity contribution in [1.29, 1.82) is 0 Å². The van der Waals surface area contributed by atoms with Crippen LogP contribution >= 0.6 is 0 Å². The lowest BCUT2D eigenvalue weighted by Gasteiger charge is -2.37. The Hall–Kier alpha value is -3.16. The molecule has 0 spiro atoms. The van der Waals surface area contributed by atoms with Gasteiger partial charge in [-0.3, -0.25) is 9.88 Å². The average molecular weight is 567 g/mol. The summed E-state index contributed by atoms with van der Waals surface area (Å²) < 4.78 is 27.7. The molecular weight excluding hydrogens is 528 g/mol. The number of aromatic nitrogens is 4. The topological polar surface area (TPSA) is 122 Å². The second kappa shape index (κ2) is 11.4. The van der Waals surface area contributed by atoms with Gasteiger partial charge in [0.1, 0.15) is 24.6 Å². The number of rotatable bonds is 8. The van der Waals surface area contributed by atoms with Gasteiger partial charge in [0.15, 0.2) is 37.8 Å². The fraction of sp³-hybridized carbons (Fsp3) is 0.500. The van der Waals surface area contributed by atoms with Crippen LogP contribution in [0.5, 0.6) is 0 Å². The molecule has 0 bridgehead atoms. The number of carbonyl (C=O) groups excluding carboxylic acids is 1. The Balaban J connectivity index is 1.41. The van der Waals surface area contributed by atoms with Crippen molar-refractivity contribution in [3.8, 4) is 0 Å². The van der Waals surface area contributed by atoms with Gasteiger partial charge in [-0.25, -0.2) is 19.7 Å². The van der Waals surface area contributed by atoms with Crippen molar-refractivity contribution in [2.24, 2.45) is 0 Å². The van der Waals surface area contributed by atoms with Crippen molar-refractivity contribution in [2.75, 3.05) is 18.5 Å². The highest BCUT2D eigenvalue weighted by atomic mass is 28.4. The lowest BCUT2D eigenvalue weighted by atomic mass is 10.1. The van der Waals surface area contributed by atoms with E-state index in [9.17, 15) is 4.79 Å². The number of fused-ring (bicyclic) bond motifs is 2. The molecule has 214 valence electrons. The molecule has 0 saturated carbocycles. The van der Waals surface area contributed by atoms with Gasteiger partial charge in [0, 0.05) is 6.54 Å². The van der Waals surface area contributed by atoms with E-state index in [1.54, 1.807) is 6.33 Å². The van der Waals surface area contributed by atoms with Crippen molar-refractivity contribution in [2.45, 2.75) is 76.7 Å². The minimum atomic E-state index is -2.03. The molecule has 4 heterocycles. The number of carbonyl (C=O) groups is 1. The standard InChI is InChI=1S/C28H38N6O5Si/c1-7-29-27(35)33-24-21-25(31-16-30-24)34(17-32-21)26-23-22(19(37-26)15-36-40(5,6)28(2,3)4)38-20(39-23)14-13-18-11-9-8-10-12-18/h8-14,16-17,19-20,22-23,26H,7,15H2,1-6H3,(H2,29,30,31,33,35)/t19-,20+,22+,23?,26-/m1/s1. The van der Waals surface area contributed by atoms with Gasteiger partial charge < -0.3 is 24.0 Å². The van der Waals surface area contributed by atoms with Crippen molar-refractivity contribution in [3.05, 3.63) is 54.6 Å². The SMILES string of the molecule is CCNC(=O)Nc1ncnc2c1ncn2[C@@H]1O[C@H](CO[Si](C)(C)C(C)(C)C)[C@@H]2O[C@H](C=Cc3ccccc3)OC21. The maximum Gasteiger partial charge on any atom is 0.320 e. The molecule has 1 unspecified atom stereocenters. The Morgan fingerprint density at radius 1 is 1.10 bits per heavy atom. The zero-order valence-electron chi connectivity index (χ0n) is 23.8. The molecule has 2 saturated heterocycles. The Bertz CT molecular complexity index is 1360. The summed E-state index contributed by atoms with van der Waals surface area (Å²) in [4.78, 5) is 25.3. The largest absolute Gasteiger partial charge is 0.414 e. The van der Waals surface area contributed by atoms with E-state index in [0.717, 1.165) is 5.56 Å². The predicted octanol–water partition coefficient (Wildman–Crippen LogP) is 4.71. The third-order valence-corrected chi connectivity index (χ3v) is 12.2. The number of nitrogens with zero attached hydrogens (tertiary/aromatic N) is 4. The number of ether oxygens (including phenoxy) is 3. The van der Waals surface area contributed by atoms with Gasteiger partial charge in [0.2, 0.25) is 0 Å². The minimum Gasteiger partial charge on any atom is -0.414 e. The molecule has 0 aliphatic carbocycles. The molecule has 5 atom stereocenters. The first-order valence-corrected chi connectivity index (χ1v) is 16.5. The van der Waals surface area contributed by atoms with Crippen LogP contribution in [0.15, 0.2) is 49.1 Å². The molecule has 40 heavy (non-hydrogen) atoms. The third kappa shape index (κ3) is 5.81. The zero-order valence-corrected chi connectivity index (χ0v) is 24.8. The first-order valence-electron chi connectivity index (χ1n) is 13.6. The van der Waals surface area contributed by atoms with E-state index in [4.69, 9.17) is 18.6 Å². The van der Waals surface area contributed by atoms with Crippen LogP contribution in [0.2, 0.25) is 18.1 Å². The molecule has 2 aliphatic rings. The van der Waals surface area contributed by atoms with E-state index in [1.165, 1.54) is 6.33 Å². The number of hydrogen-bond acceptors (Lipinski definition) is 8. The fourth-order valence-electron chi connectivity index (χ4n) is 4.51. The highest BCUT2D eigenvalue weighted by Gasteiger charge is 2.54. The van der Waals surface area contributed by atoms with E-state index in [1.807, 2.05) is 54.0 Å². The third-order valence-electron chi connectivity index (χ3n) is 7.73. The Morgan fingerprint density at radius 3 is 2.58 bits per heavy atom. The van der Waals surface area contributed by atoms with E-state index < -0.39 is 26.9 Å². The van der Waals surface area contributed by atoms with Crippen LogP contribution in [0.3, 0.4) is 0 Å². The van der Waals surface area contributed by atoms with E-state index >= 15 is 0 Å². The van der Waals surface area contributed by atoms with Crippen molar-refractivity contribution in [1.82, 2.24) is 24.8 Å². The van der Waals surface area contributed by atoms with E-state index in [0.29, 0.717) is 30.1 Å². The van der Waals surface area contributed by atoms with Gasteiger partial charge in [-0.1, -0.05) is 57.2 Å². The molecule has 0 radical (unpaired) electrons. The summed E-state index contributed by atoms with van der Waals surface area (Å²) in [6.07, 6.45) is 4.69. The summed E-state index contributed by atoms with van der Waals surface area (Å²) in [5.74, 6) is 0.314. The van der Waals surface area contributed by atoms with Crippen LogP contribution in [0.1, 0.15) is 39.5 Å². The van der Waals surface area contributed by atoms with Gasteiger partial charge in [-0.15, -0.1) is 0 Å². The maximum atomic E-state index is 12.1. The first-order chi connectivity index (χ1) is 19.1. The molecule has 5 rings (SSSR count). The van der Waals surface area contributed by atoms with Gasteiger partial charge >= 0.3 is 6.03 Å². The summed E-state index contributed by atoms with van der Waals surface area (Å²) >= 11 is 0. The Morgan fingerprint density at radius 2 is 1.85 bits per heavy atom. The smallest absolute Gasteiger partial charge is 0.320 e. The van der Waals surface area contributed by atoms with Crippen LogP contribution in [-0.4, -0.2) is 71.6 Å². The fourth-order valence-corrected chi connectivity index (χ4v) is 5.52. The lowest BCUT2D eigenvalue weighted by Crippen LogP contribution is -2.44. The number of imidazole rings is 1. The molecule has 12 heteroatoms. The summed E-state index contributed by atoms with van der Waals surface area (Å²) in [5, 5.41) is 5.49. The molecule has 2 fully saturated rings. The van der Waals surface area contributed by atoms with Crippen LogP contribution in [0, 0.1) is 0 Å². The van der Waals surface area contributed by atoms with Crippen LogP contribution in [-0.2, 0) is 18.6 Å². The predicted molar refractivity (Wildman–Crippen MR) is 154 cm³/mol. The monoisotopic (exact) mass is 566 g/mol. The van der Waals surface area contributed by atoms with Crippen LogP contribution < -0.4 is 10.6 Å². The second-order valence-electron chi connectivity index (χ2n) is 11.5. The second-order valence-corrected chi connectivity index (χ2v) is 16.3. The van der Waals surface area contributed by atoms with Gasteiger partial charge in [-0.05, 0) is 36.7 Å². The zero-order chi connectivity index (χ0) is 28.5. The average Bonchev–Trinajstić information content (AvgIpc) is 3.61. The number of urea groups is 1. The summed E-state index contributed by atoms with van der Waals surface area (Å²) in [5.41, 5.74) is 2.03. The molecule has 2 N–H and O–H groups in total. The Labute approximate surface area is 235 Å². The van der Waals surface area contributed by atoms with Crippen LogP contribution in [0.4, 0.5) is 10.6 Å². The van der Waals surface area contributed by atoms with Gasteiger partial charge in [-0.2, -0.15) is 0 Å². The minimum absolute atomic E-state index is 0.0589. The molecule has 2 aliphatic heterocycles. The van der Waals surface area contributed by atoms with E-state index in [-0.39, 0.29) is 23.3 Å². The number of hydrogen-bond donors (Lipinski definition) is 2. The Kier molecular flexibility index (Phi) is 8.07. The molecule has 1 aromatic carbocycles. The highest BCUT2D eigenvalue weighted by molar-refractivity contribution is 6.74. The summed E-state index contributed by atoms with van der Waals surface area (Å²) in [6.45, 7) is 13.8. The van der Waals surface area contributed by atoms with Gasteiger partial charge in [0.25, 0.3) is 0 Å². The molecule has 2 aromatic heterocycles. The highest BCUT2D eigenvalue weighted by Crippen LogP contribution is 2.43.